The van der Waals surface area contributed by atoms with Crippen LogP contribution in [0.15, 0.2) is 53.0 Å². The first kappa shape index (κ1) is 20.0. The van der Waals surface area contributed by atoms with E-state index in [1.807, 2.05) is 24.3 Å². The molecule has 0 unspecified atom stereocenters. The molecule has 0 saturated carbocycles. The van der Waals surface area contributed by atoms with Gasteiger partial charge in [0.1, 0.15) is 11.5 Å². The van der Waals surface area contributed by atoms with Gasteiger partial charge in [0.2, 0.25) is 0 Å². The zero-order chi connectivity index (χ0) is 21.0. The van der Waals surface area contributed by atoms with Crippen molar-refractivity contribution in [3.63, 3.8) is 0 Å². The van der Waals surface area contributed by atoms with Gasteiger partial charge >= 0.3 is 5.97 Å². The quantitative estimate of drug-likeness (QED) is 0.448. The molecule has 4 heteroatoms. The van der Waals surface area contributed by atoms with E-state index in [0.29, 0.717) is 0 Å². The molecule has 3 aromatic carbocycles. The molecule has 0 fully saturated rings. The van der Waals surface area contributed by atoms with E-state index < -0.39 is 5.97 Å². The smallest absolute Gasteiger partial charge is 0.335 e. The molecule has 1 aliphatic carbocycles. The van der Waals surface area contributed by atoms with Crippen molar-refractivity contribution in [2.45, 2.75) is 51.4 Å². The van der Waals surface area contributed by atoms with Crippen LogP contribution in [0.5, 0.6) is 11.5 Å². The molecule has 0 atom stereocenters. The number of carbonyl (C=O) groups is 1. The van der Waals surface area contributed by atoms with Crippen molar-refractivity contribution in [2.75, 3.05) is 0 Å². The summed E-state index contributed by atoms with van der Waals surface area (Å²) in [6, 6.07) is 15.2. The highest BCUT2D eigenvalue weighted by atomic mass is 79.9. The topological polar surface area (TPSA) is 46.5 Å². The maximum atomic E-state index is 11.2. The molecule has 0 heterocycles. The number of rotatable bonds is 3. The van der Waals surface area contributed by atoms with Crippen molar-refractivity contribution in [1.29, 1.82) is 0 Å². The van der Waals surface area contributed by atoms with Crippen molar-refractivity contribution >= 4 is 32.7 Å². The molecule has 0 saturated heterocycles. The highest BCUT2D eigenvalue weighted by Crippen LogP contribution is 2.49. The highest BCUT2D eigenvalue weighted by molar-refractivity contribution is 9.10. The summed E-state index contributed by atoms with van der Waals surface area (Å²) >= 11 is 3.71. The molecule has 0 amide bonds. The zero-order valence-corrected chi connectivity index (χ0v) is 18.8. The number of benzene rings is 3. The molecule has 29 heavy (non-hydrogen) atoms. The number of hydrogen-bond donors (Lipinski definition) is 1. The van der Waals surface area contributed by atoms with Crippen LogP contribution in [-0.4, -0.2) is 11.1 Å². The van der Waals surface area contributed by atoms with Gasteiger partial charge < -0.3 is 9.84 Å². The van der Waals surface area contributed by atoms with E-state index in [2.05, 4.69) is 55.8 Å². The van der Waals surface area contributed by atoms with Gasteiger partial charge in [0.15, 0.2) is 0 Å². The zero-order valence-electron chi connectivity index (χ0n) is 17.2. The van der Waals surface area contributed by atoms with Crippen LogP contribution in [-0.2, 0) is 10.8 Å². The summed E-state index contributed by atoms with van der Waals surface area (Å²) in [7, 11) is 0. The Kier molecular flexibility index (Phi) is 4.73. The molecule has 0 aromatic heterocycles. The van der Waals surface area contributed by atoms with Gasteiger partial charge in [-0.2, -0.15) is 0 Å². The lowest BCUT2D eigenvalue weighted by atomic mass is 9.63. The number of halogens is 1. The first-order valence-corrected chi connectivity index (χ1v) is 10.7. The third kappa shape index (κ3) is 3.66. The molecule has 0 spiro atoms. The maximum Gasteiger partial charge on any atom is 0.335 e. The molecule has 1 N–H and O–H groups in total. The summed E-state index contributed by atoms with van der Waals surface area (Å²) in [5.74, 6) is 0.612. The van der Waals surface area contributed by atoms with Gasteiger partial charge in [-0.1, -0.05) is 39.8 Å². The lowest BCUT2D eigenvalue weighted by molar-refractivity contribution is 0.0697. The Labute approximate surface area is 179 Å². The summed E-state index contributed by atoms with van der Waals surface area (Å²) in [5.41, 5.74) is 3.27. The molecule has 0 aliphatic heterocycles. The van der Waals surface area contributed by atoms with Crippen LogP contribution < -0.4 is 4.74 Å². The summed E-state index contributed by atoms with van der Waals surface area (Å²) in [6.07, 6.45) is 2.32. The van der Waals surface area contributed by atoms with Crippen molar-refractivity contribution in [1.82, 2.24) is 0 Å². The molecule has 0 bridgehead atoms. The minimum atomic E-state index is -0.921. The van der Waals surface area contributed by atoms with E-state index >= 15 is 0 Å². The number of fused-ring (bicyclic) bond motifs is 2. The third-order valence-corrected chi connectivity index (χ3v) is 6.81. The van der Waals surface area contributed by atoms with Crippen molar-refractivity contribution < 1.29 is 14.6 Å². The summed E-state index contributed by atoms with van der Waals surface area (Å²) < 4.78 is 7.21. The lowest BCUT2D eigenvalue weighted by Gasteiger charge is -2.42. The van der Waals surface area contributed by atoms with Crippen LogP contribution in [0, 0.1) is 0 Å². The molecular weight excluding hydrogens is 428 g/mol. The van der Waals surface area contributed by atoms with Gasteiger partial charge in [-0.3, -0.25) is 0 Å². The third-order valence-electron chi connectivity index (χ3n) is 6.19. The minimum Gasteiger partial charge on any atom is -0.478 e. The van der Waals surface area contributed by atoms with Gasteiger partial charge in [-0.15, -0.1) is 0 Å². The van der Waals surface area contributed by atoms with Crippen molar-refractivity contribution in [3.8, 4) is 11.5 Å². The summed E-state index contributed by atoms with van der Waals surface area (Å²) in [5, 5.41) is 11.0. The lowest BCUT2D eigenvalue weighted by Crippen LogP contribution is -2.33. The van der Waals surface area contributed by atoms with Crippen LogP contribution in [0.2, 0.25) is 0 Å². The largest absolute Gasteiger partial charge is 0.478 e. The molecule has 150 valence electrons. The predicted octanol–water partition coefficient (Wildman–Crippen LogP) is 7.44. The van der Waals surface area contributed by atoms with Crippen LogP contribution in [0.1, 0.15) is 62.0 Å². The number of carboxylic acid groups (broad SMARTS) is 1. The van der Waals surface area contributed by atoms with Crippen LogP contribution >= 0.6 is 15.9 Å². The predicted molar refractivity (Wildman–Crippen MR) is 120 cm³/mol. The Morgan fingerprint density at radius 3 is 2.14 bits per heavy atom. The van der Waals surface area contributed by atoms with Gasteiger partial charge in [0.25, 0.3) is 0 Å². The number of carboxylic acids is 1. The number of hydrogen-bond acceptors (Lipinski definition) is 2. The fourth-order valence-electron chi connectivity index (χ4n) is 4.19. The molecule has 3 nitrogen and oxygen atoms in total. The Morgan fingerprint density at radius 2 is 1.48 bits per heavy atom. The van der Waals surface area contributed by atoms with Crippen molar-refractivity contribution in [2.24, 2.45) is 0 Å². The Balaban J connectivity index is 1.73. The fourth-order valence-corrected chi connectivity index (χ4v) is 4.62. The highest BCUT2D eigenvalue weighted by Gasteiger charge is 2.37. The second-order valence-electron chi connectivity index (χ2n) is 9.23. The van der Waals surface area contributed by atoms with Gasteiger partial charge in [-0.25, -0.2) is 4.79 Å². The van der Waals surface area contributed by atoms with E-state index in [4.69, 9.17) is 4.74 Å². The van der Waals surface area contributed by atoms with Gasteiger partial charge in [-0.05, 0) is 97.9 Å². The van der Waals surface area contributed by atoms with E-state index in [1.54, 1.807) is 12.1 Å². The van der Waals surface area contributed by atoms with Crippen molar-refractivity contribution in [3.05, 3.63) is 69.7 Å². The first-order valence-electron chi connectivity index (χ1n) is 9.86. The van der Waals surface area contributed by atoms with Crippen LogP contribution in [0.4, 0.5) is 0 Å². The monoisotopic (exact) mass is 452 g/mol. The average molecular weight is 453 g/mol. The molecule has 3 aromatic rings. The minimum absolute atomic E-state index is 0.111. The Hall–Kier alpha value is -2.33. The van der Waals surface area contributed by atoms with Crippen LogP contribution in [0.25, 0.3) is 10.8 Å². The number of aromatic carboxylic acids is 1. The van der Waals surface area contributed by atoms with E-state index in [0.717, 1.165) is 33.2 Å². The molecular formula is C25H25BrO3. The first-order chi connectivity index (χ1) is 13.6. The maximum absolute atomic E-state index is 11.2. The fraction of sp³-hybridized carbons (Fsp3) is 0.320. The van der Waals surface area contributed by atoms with E-state index in [-0.39, 0.29) is 16.4 Å². The SMILES string of the molecule is CC1(C)CCC(C)(C)c2cc(Oc3ccc4cc(C(=O)O)ccc4c3)c(Br)cc21. The Morgan fingerprint density at radius 1 is 0.897 bits per heavy atom. The second kappa shape index (κ2) is 6.88. The van der Waals surface area contributed by atoms with E-state index in [1.165, 1.54) is 17.5 Å². The van der Waals surface area contributed by atoms with E-state index in [9.17, 15) is 9.90 Å². The molecule has 4 rings (SSSR count). The average Bonchev–Trinajstić information content (AvgIpc) is 2.66. The second-order valence-corrected chi connectivity index (χ2v) is 10.1. The summed E-state index contributed by atoms with van der Waals surface area (Å²) in [4.78, 5) is 11.2. The molecule has 1 aliphatic rings. The normalized spacial score (nSPS) is 17.0. The van der Waals surface area contributed by atoms with Gasteiger partial charge in [0.05, 0.1) is 10.0 Å². The van der Waals surface area contributed by atoms with Crippen LogP contribution in [0.3, 0.4) is 0 Å². The number of ether oxygens (including phenoxy) is 1. The van der Waals surface area contributed by atoms with Gasteiger partial charge in [0, 0.05) is 0 Å². The standard InChI is InChI=1S/C25H25BrO3/c1-24(2)9-10-25(3,4)20-14-22(21(26)13-19(20)24)29-18-8-7-15-11-17(23(27)28)6-5-16(15)12-18/h5-8,11-14H,9-10H2,1-4H3,(H,27,28). The summed E-state index contributed by atoms with van der Waals surface area (Å²) in [6.45, 7) is 9.22. The Bertz CT molecular complexity index is 1130. The molecule has 0 radical (unpaired) electrons.